The summed E-state index contributed by atoms with van der Waals surface area (Å²) in [6.45, 7) is 1.25. The maximum atomic E-state index is 13.6. The molecule has 0 fully saturated rings. The molecular formula is C14H11Cl4FN8O4. The number of alkyl halides is 3. The Morgan fingerprint density at radius 2 is 2.10 bits per heavy atom. The molecule has 0 saturated carbocycles. The van der Waals surface area contributed by atoms with Crippen molar-refractivity contribution in [1.82, 2.24) is 34.4 Å². The molecule has 1 N–H and O–H groups in total. The Kier molecular flexibility index (Phi) is 6.69. The SMILES string of the molecule is Cc1ncc([N+](=O)[O-])n1CCOC(=O)NC(n1cnc2c(Cl)nc(F)nc21)C(Cl)(Cl)Cl. The summed E-state index contributed by atoms with van der Waals surface area (Å²) in [4.78, 5) is 37.3. The van der Waals surface area contributed by atoms with Gasteiger partial charge in [0.05, 0.1) is 6.33 Å². The maximum Gasteiger partial charge on any atom is 0.409 e. The quantitative estimate of drug-likeness (QED) is 0.173. The summed E-state index contributed by atoms with van der Waals surface area (Å²) >= 11 is 23.7. The van der Waals surface area contributed by atoms with Crippen LogP contribution >= 0.6 is 46.4 Å². The number of amides is 1. The first-order valence-electron chi connectivity index (χ1n) is 8.21. The van der Waals surface area contributed by atoms with Crippen molar-refractivity contribution < 1.29 is 18.8 Å². The van der Waals surface area contributed by atoms with E-state index in [4.69, 9.17) is 51.1 Å². The van der Waals surface area contributed by atoms with Crippen LogP contribution in [0.5, 0.6) is 0 Å². The average Bonchev–Trinajstić information content (AvgIpc) is 3.23. The minimum Gasteiger partial charge on any atom is -0.445 e. The molecule has 3 heterocycles. The van der Waals surface area contributed by atoms with E-state index in [1.54, 1.807) is 6.92 Å². The van der Waals surface area contributed by atoms with Crippen molar-refractivity contribution in [2.75, 3.05) is 6.61 Å². The van der Waals surface area contributed by atoms with E-state index in [-0.39, 0.29) is 35.3 Å². The third kappa shape index (κ3) is 5.06. The number of alkyl carbamates (subject to hydrolysis) is 1. The number of imidazole rings is 2. The van der Waals surface area contributed by atoms with Gasteiger partial charge in [-0.2, -0.15) is 14.4 Å². The van der Waals surface area contributed by atoms with E-state index in [1.807, 2.05) is 0 Å². The maximum absolute atomic E-state index is 13.6. The molecule has 0 radical (unpaired) electrons. The van der Waals surface area contributed by atoms with Gasteiger partial charge in [0.15, 0.2) is 22.8 Å². The molecule has 1 atom stereocenters. The lowest BCUT2D eigenvalue weighted by molar-refractivity contribution is -0.392. The summed E-state index contributed by atoms with van der Waals surface area (Å²) in [5.41, 5.74) is -0.126. The van der Waals surface area contributed by atoms with Crippen LogP contribution in [-0.4, -0.2) is 50.5 Å². The smallest absolute Gasteiger partial charge is 0.409 e. The third-order valence-corrected chi connectivity index (χ3v) is 4.85. The van der Waals surface area contributed by atoms with Crippen molar-refractivity contribution >= 4 is 69.5 Å². The summed E-state index contributed by atoms with van der Waals surface area (Å²) in [7, 11) is 0. The second-order valence-electron chi connectivity index (χ2n) is 5.90. The molecule has 3 rings (SSSR count). The fourth-order valence-corrected chi connectivity index (χ4v) is 3.30. The van der Waals surface area contributed by atoms with Gasteiger partial charge >= 0.3 is 18.0 Å². The molecule has 0 bridgehead atoms. The van der Waals surface area contributed by atoms with E-state index in [0.717, 1.165) is 17.1 Å². The molecule has 31 heavy (non-hydrogen) atoms. The first-order valence-corrected chi connectivity index (χ1v) is 9.72. The van der Waals surface area contributed by atoms with E-state index in [9.17, 15) is 19.3 Å². The molecule has 17 heteroatoms. The molecule has 1 unspecified atom stereocenters. The Bertz CT molecular complexity index is 1150. The minimum atomic E-state index is -2.14. The number of hydrogen-bond acceptors (Lipinski definition) is 8. The molecule has 0 aliphatic heterocycles. The average molecular weight is 516 g/mol. The van der Waals surface area contributed by atoms with Crippen LogP contribution in [0.4, 0.5) is 15.0 Å². The Morgan fingerprint density at radius 1 is 1.39 bits per heavy atom. The van der Waals surface area contributed by atoms with E-state index in [2.05, 4.69) is 25.3 Å². The van der Waals surface area contributed by atoms with Crippen molar-refractivity contribution in [3.63, 3.8) is 0 Å². The second kappa shape index (κ2) is 8.94. The summed E-state index contributed by atoms with van der Waals surface area (Å²) in [5.74, 6) is 0.0995. The predicted octanol–water partition coefficient (Wildman–Crippen LogP) is 3.33. The van der Waals surface area contributed by atoms with Crippen LogP contribution in [0.2, 0.25) is 5.15 Å². The largest absolute Gasteiger partial charge is 0.445 e. The molecule has 3 aromatic rings. The van der Waals surface area contributed by atoms with Crippen LogP contribution in [-0.2, 0) is 11.3 Å². The Morgan fingerprint density at radius 3 is 2.74 bits per heavy atom. The number of fused-ring (bicyclic) bond motifs is 1. The number of nitro groups is 1. The number of hydrogen-bond donors (Lipinski definition) is 1. The molecule has 0 aliphatic rings. The predicted molar refractivity (Wildman–Crippen MR) is 108 cm³/mol. The van der Waals surface area contributed by atoms with E-state index in [0.29, 0.717) is 5.82 Å². The van der Waals surface area contributed by atoms with Gasteiger partial charge in [-0.25, -0.2) is 19.3 Å². The van der Waals surface area contributed by atoms with E-state index >= 15 is 0 Å². The van der Waals surface area contributed by atoms with Crippen molar-refractivity contribution in [3.8, 4) is 0 Å². The number of carbonyl (C=O) groups excluding carboxylic acids is 1. The molecule has 12 nitrogen and oxygen atoms in total. The zero-order valence-electron chi connectivity index (χ0n) is 15.3. The summed E-state index contributed by atoms with van der Waals surface area (Å²) in [5, 5.41) is 13.0. The highest BCUT2D eigenvalue weighted by Crippen LogP contribution is 2.38. The lowest BCUT2D eigenvalue weighted by Gasteiger charge is -2.26. The van der Waals surface area contributed by atoms with Crippen LogP contribution in [0.3, 0.4) is 0 Å². The molecule has 0 aromatic carbocycles. The van der Waals surface area contributed by atoms with Gasteiger partial charge in [-0.1, -0.05) is 46.4 Å². The number of ether oxygens (including phenoxy) is 1. The van der Waals surface area contributed by atoms with Gasteiger partial charge in [-0.05, 0) is 4.92 Å². The second-order valence-corrected chi connectivity index (χ2v) is 8.63. The minimum absolute atomic E-state index is 0.0142. The number of nitrogens with zero attached hydrogens (tertiary/aromatic N) is 7. The summed E-state index contributed by atoms with van der Waals surface area (Å²) in [6.07, 6.45) is -1.40. The molecule has 166 valence electrons. The molecule has 3 aromatic heterocycles. The Balaban J connectivity index is 1.75. The molecule has 0 spiro atoms. The van der Waals surface area contributed by atoms with Gasteiger partial charge in [0, 0.05) is 6.92 Å². The summed E-state index contributed by atoms with van der Waals surface area (Å²) in [6, 6.07) is 0. The van der Waals surface area contributed by atoms with Gasteiger partial charge in [0.1, 0.15) is 24.9 Å². The van der Waals surface area contributed by atoms with Crippen molar-refractivity contribution in [2.24, 2.45) is 0 Å². The highest BCUT2D eigenvalue weighted by molar-refractivity contribution is 6.68. The van der Waals surface area contributed by atoms with Gasteiger partial charge in [0.2, 0.25) is 3.79 Å². The molecule has 0 aliphatic carbocycles. The topological polar surface area (TPSA) is 143 Å². The molecule has 0 saturated heterocycles. The zero-order valence-corrected chi connectivity index (χ0v) is 18.3. The summed E-state index contributed by atoms with van der Waals surface area (Å²) < 4.78 is 18.8. The van der Waals surface area contributed by atoms with Gasteiger partial charge in [0.25, 0.3) is 0 Å². The number of carbonyl (C=O) groups is 1. The van der Waals surface area contributed by atoms with Crippen LogP contribution < -0.4 is 5.32 Å². The zero-order chi connectivity index (χ0) is 22.9. The van der Waals surface area contributed by atoms with Gasteiger partial charge in [-0.15, -0.1) is 0 Å². The van der Waals surface area contributed by atoms with E-state index in [1.165, 1.54) is 4.57 Å². The number of aromatic nitrogens is 6. The van der Waals surface area contributed by atoms with Crippen LogP contribution in [0.1, 0.15) is 12.0 Å². The van der Waals surface area contributed by atoms with Crippen LogP contribution in [0.15, 0.2) is 12.5 Å². The van der Waals surface area contributed by atoms with E-state index < -0.39 is 27.1 Å². The molecule has 1 amide bonds. The fraction of sp³-hybridized carbons (Fsp3) is 0.357. The van der Waals surface area contributed by atoms with Crippen LogP contribution in [0, 0.1) is 23.1 Å². The molecular weight excluding hydrogens is 505 g/mol. The highest BCUT2D eigenvalue weighted by atomic mass is 35.6. The Hall–Kier alpha value is -2.48. The number of halogens is 5. The highest BCUT2D eigenvalue weighted by Gasteiger charge is 2.37. The van der Waals surface area contributed by atoms with Crippen molar-refractivity contribution in [1.29, 1.82) is 0 Å². The van der Waals surface area contributed by atoms with Gasteiger partial charge < -0.3 is 14.9 Å². The number of nitrogens with one attached hydrogen (secondary N) is 1. The third-order valence-electron chi connectivity index (χ3n) is 3.96. The number of aryl methyl sites for hydroxylation is 1. The monoisotopic (exact) mass is 514 g/mol. The van der Waals surface area contributed by atoms with Gasteiger partial charge in [-0.3, -0.25) is 9.88 Å². The van der Waals surface area contributed by atoms with Crippen LogP contribution in [0.25, 0.3) is 11.2 Å². The fourth-order valence-electron chi connectivity index (χ4n) is 2.62. The lowest BCUT2D eigenvalue weighted by atomic mass is 10.5. The first-order chi connectivity index (χ1) is 14.5. The standard InChI is InChI=1S/C14H11Cl4FN8O4/c1-6-20-4-7(27(29)30)25(6)2-3-31-13(28)24-11(14(16,17)18)26-5-21-8-9(15)22-12(19)23-10(8)26/h4-5,11H,2-3H2,1H3,(H,24,28). The van der Waals surface area contributed by atoms with Crippen molar-refractivity contribution in [2.45, 2.75) is 23.4 Å². The Labute approximate surface area is 192 Å². The lowest BCUT2D eigenvalue weighted by Crippen LogP contribution is -2.40. The first kappa shape index (κ1) is 23.2. The number of rotatable bonds is 6. The van der Waals surface area contributed by atoms with Crippen molar-refractivity contribution in [3.05, 3.63) is 39.7 Å². The normalized spacial score (nSPS) is 12.7.